The van der Waals surface area contributed by atoms with E-state index in [4.69, 9.17) is 9.15 Å². The molecular weight excluding hydrogens is 422 g/mol. The third kappa shape index (κ3) is 4.43. The molecule has 2 aromatic heterocycles. The number of carbonyl (C=O) groups is 1. The standard InChI is InChI=1S/C25H23N3O3S/c29-24(27-21-12-14-31-23-11-5-4-10-20(21)23)17-32-25-26-15-22(18-7-2-1-3-8-18)28(25)16-19-9-6-13-30-19/h1-11,13,15,21H,12,14,16-17H2,(H,27,29)/t21-/m0/s1. The summed E-state index contributed by atoms with van der Waals surface area (Å²) in [7, 11) is 0. The predicted octanol–water partition coefficient (Wildman–Crippen LogP) is 4.92. The number of amides is 1. The first kappa shape index (κ1) is 20.5. The van der Waals surface area contributed by atoms with E-state index in [1.165, 1.54) is 11.8 Å². The molecule has 0 unspecified atom stereocenters. The van der Waals surface area contributed by atoms with E-state index >= 15 is 0 Å². The Balaban J connectivity index is 1.31. The van der Waals surface area contributed by atoms with Gasteiger partial charge in [-0.25, -0.2) is 4.98 Å². The normalized spacial score (nSPS) is 15.1. The van der Waals surface area contributed by atoms with Crippen LogP contribution < -0.4 is 10.1 Å². The Kier molecular flexibility index (Phi) is 5.98. The summed E-state index contributed by atoms with van der Waals surface area (Å²) in [5.74, 6) is 1.94. The van der Waals surface area contributed by atoms with Crippen LogP contribution in [0.25, 0.3) is 11.3 Å². The molecule has 3 heterocycles. The van der Waals surface area contributed by atoms with Gasteiger partial charge in [0.15, 0.2) is 5.16 Å². The first-order valence-electron chi connectivity index (χ1n) is 10.5. The Morgan fingerprint density at radius 2 is 1.94 bits per heavy atom. The van der Waals surface area contributed by atoms with Crippen LogP contribution in [0, 0.1) is 0 Å². The predicted molar refractivity (Wildman–Crippen MR) is 124 cm³/mol. The largest absolute Gasteiger partial charge is 0.493 e. The smallest absolute Gasteiger partial charge is 0.230 e. The third-order valence-electron chi connectivity index (χ3n) is 5.41. The van der Waals surface area contributed by atoms with Gasteiger partial charge in [0.1, 0.15) is 11.5 Å². The lowest BCUT2D eigenvalue weighted by molar-refractivity contribution is -0.119. The van der Waals surface area contributed by atoms with Crippen molar-refractivity contribution in [2.75, 3.05) is 12.4 Å². The fraction of sp³-hybridized carbons (Fsp3) is 0.200. The second-order valence-corrected chi connectivity index (χ2v) is 8.48. The number of benzene rings is 2. The number of nitrogens with zero attached hydrogens (tertiary/aromatic N) is 2. The van der Waals surface area contributed by atoms with E-state index in [-0.39, 0.29) is 17.7 Å². The number of thioether (sulfide) groups is 1. The Labute approximate surface area is 190 Å². The van der Waals surface area contributed by atoms with Gasteiger partial charge in [-0.3, -0.25) is 4.79 Å². The molecule has 0 radical (unpaired) electrons. The van der Waals surface area contributed by atoms with Crippen LogP contribution in [0.15, 0.2) is 88.8 Å². The van der Waals surface area contributed by atoms with Crippen molar-refractivity contribution in [3.8, 4) is 17.0 Å². The Bertz CT molecular complexity index is 1190. The Morgan fingerprint density at radius 1 is 1.09 bits per heavy atom. The van der Waals surface area contributed by atoms with Crippen molar-refractivity contribution >= 4 is 17.7 Å². The molecule has 7 heteroatoms. The summed E-state index contributed by atoms with van der Waals surface area (Å²) in [6.07, 6.45) is 4.28. The summed E-state index contributed by atoms with van der Waals surface area (Å²) < 4.78 is 13.4. The molecule has 2 aromatic carbocycles. The van der Waals surface area contributed by atoms with Crippen molar-refractivity contribution in [1.82, 2.24) is 14.9 Å². The minimum absolute atomic E-state index is 0.0227. The number of nitrogens with one attached hydrogen (secondary N) is 1. The van der Waals surface area contributed by atoms with E-state index in [9.17, 15) is 4.79 Å². The van der Waals surface area contributed by atoms with Crippen molar-refractivity contribution < 1.29 is 13.9 Å². The SMILES string of the molecule is O=C(CSc1ncc(-c2ccccc2)n1Cc1ccco1)N[C@H]1CCOc2ccccc21. The van der Waals surface area contributed by atoms with Crippen LogP contribution in [-0.4, -0.2) is 27.8 Å². The zero-order chi connectivity index (χ0) is 21.8. The third-order valence-corrected chi connectivity index (χ3v) is 6.40. The van der Waals surface area contributed by atoms with Crippen LogP contribution in [0.4, 0.5) is 0 Å². The molecule has 0 aliphatic carbocycles. The zero-order valence-corrected chi connectivity index (χ0v) is 18.3. The van der Waals surface area contributed by atoms with Gasteiger partial charge in [-0.1, -0.05) is 60.3 Å². The van der Waals surface area contributed by atoms with Crippen LogP contribution >= 0.6 is 11.8 Å². The highest BCUT2D eigenvalue weighted by molar-refractivity contribution is 7.99. The maximum atomic E-state index is 12.8. The molecule has 1 aliphatic rings. The van der Waals surface area contributed by atoms with Gasteiger partial charge < -0.3 is 19.0 Å². The second kappa shape index (κ2) is 9.36. The first-order chi connectivity index (χ1) is 15.8. The minimum Gasteiger partial charge on any atom is -0.493 e. The maximum Gasteiger partial charge on any atom is 0.230 e. The number of hydrogen-bond donors (Lipinski definition) is 1. The number of hydrogen-bond acceptors (Lipinski definition) is 5. The van der Waals surface area contributed by atoms with Crippen molar-refractivity contribution in [3.63, 3.8) is 0 Å². The van der Waals surface area contributed by atoms with Gasteiger partial charge in [0.25, 0.3) is 0 Å². The average Bonchev–Trinajstić information content (AvgIpc) is 3.49. The molecule has 0 saturated carbocycles. The molecule has 1 amide bonds. The number of ether oxygens (including phenoxy) is 1. The number of fused-ring (bicyclic) bond motifs is 1. The Morgan fingerprint density at radius 3 is 2.78 bits per heavy atom. The number of furan rings is 1. The van der Waals surface area contributed by atoms with Crippen LogP contribution in [0.3, 0.4) is 0 Å². The van der Waals surface area contributed by atoms with Gasteiger partial charge in [-0.2, -0.15) is 0 Å². The van der Waals surface area contributed by atoms with Crippen LogP contribution in [0.2, 0.25) is 0 Å². The van der Waals surface area contributed by atoms with E-state index < -0.39 is 0 Å². The van der Waals surface area contributed by atoms with Gasteiger partial charge in [0.2, 0.25) is 5.91 Å². The number of rotatable bonds is 7. The summed E-state index contributed by atoms with van der Waals surface area (Å²) in [4.78, 5) is 17.4. The molecule has 0 bridgehead atoms. The van der Waals surface area contributed by atoms with Gasteiger partial charge in [0.05, 0.1) is 43.1 Å². The highest BCUT2D eigenvalue weighted by Gasteiger charge is 2.23. The topological polar surface area (TPSA) is 69.3 Å². The molecule has 0 fully saturated rings. The molecule has 1 N–H and O–H groups in total. The van der Waals surface area contributed by atoms with Gasteiger partial charge in [-0.05, 0) is 23.8 Å². The molecule has 6 nitrogen and oxygen atoms in total. The molecule has 162 valence electrons. The zero-order valence-electron chi connectivity index (χ0n) is 17.4. The molecule has 5 rings (SSSR count). The second-order valence-electron chi connectivity index (χ2n) is 7.54. The summed E-state index contributed by atoms with van der Waals surface area (Å²) >= 11 is 1.43. The fourth-order valence-electron chi connectivity index (χ4n) is 3.88. The van der Waals surface area contributed by atoms with E-state index in [0.29, 0.717) is 13.2 Å². The van der Waals surface area contributed by atoms with E-state index in [1.807, 2.05) is 60.8 Å². The quantitative estimate of drug-likeness (QED) is 0.409. The highest BCUT2D eigenvalue weighted by Crippen LogP contribution is 2.32. The Hall–Kier alpha value is -3.45. The van der Waals surface area contributed by atoms with E-state index in [1.54, 1.807) is 6.26 Å². The number of para-hydroxylation sites is 1. The van der Waals surface area contributed by atoms with Crippen molar-refractivity contribution in [2.24, 2.45) is 0 Å². The molecular formula is C25H23N3O3S. The molecule has 1 atom stereocenters. The maximum absolute atomic E-state index is 12.8. The van der Waals surface area contributed by atoms with Crippen LogP contribution in [0.5, 0.6) is 5.75 Å². The van der Waals surface area contributed by atoms with Gasteiger partial charge in [-0.15, -0.1) is 0 Å². The van der Waals surface area contributed by atoms with Gasteiger partial charge >= 0.3 is 0 Å². The van der Waals surface area contributed by atoms with Gasteiger partial charge in [0, 0.05) is 12.0 Å². The molecule has 32 heavy (non-hydrogen) atoms. The summed E-state index contributed by atoms with van der Waals surface area (Å²) in [6, 6.07) is 21.8. The number of aromatic nitrogens is 2. The van der Waals surface area contributed by atoms with Crippen LogP contribution in [-0.2, 0) is 11.3 Å². The van der Waals surface area contributed by atoms with Crippen LogP contribution in [0.1, 0.15) is 23.8 Å². The lowest BCUT2D eigenvalue weighted by Gasteiger charge is -2.26. The molecule has 0 saturated heterocycles. The van der Waals surface area contributed by atoms with Crippen molar-refractivity contribution in [1.29, 1.82) is 0 Å². The lowest BCUT2D eigenvalue weighted by Crippen LogP contribution is -2.33. The summed E-state index contributed by atoms with van der Waals surface area (Å²) in [5.41, 5.74) is 3.09. The van der Waals surface area contributed by atoms with E-state index in [2.05, 4.69) is 27.0 Å². The molecule has 0 spiro atoms. The summed E-state index contributed by atoms with van der Waals surface area (Å²) in [5, 5.41) is 3.93. The number of carbonyl (C=O) groups excluding carboxylic acids is 1. The highest BCUT2D eigenvalue weighted by atomic mass is 32.2. The lowest BCUT2D eigenvalue weighted by atomic mass is 10.0. The molecule has 1 aliphatic heterocycles. The fourth-order valence-corrected chi connectivity index (χ4v) is 4.67. The van der Waals surface area contributed by atoms with Crippen molar-refractivity contribution in [3.05, 3.63) is 90.5 Å². The first-order valence-corrected chi connectivity index (χ1v) is 11.5. The molecule has 4 aromatic rings. The minimum atomic E-state index is -0.0317. The monoisotopic (exact) mass is 445 g/mol. The summed E-state index contributed by atoms with van der Waals surface area (Å²) in [6.45, 7) is 1.15. The number of imidazole rings is 1. The van der Waals surface area contributed by atoms with Crippen molar-refractivity contribution in [2.45, 2.75) is 24.2 Å². The van der Waals surface area contributed by atoms with E-state index in [0.717, 1.165) is 39.9 Å². The average molecular weight is 446 g/mol.